The first-order chi connectivity index (χ1) is 14.0. The maximum Gasteiger partial charge on any atom is 0.339 e. The van der Waals surface area contributed by atoms with Crippen LogP contribution in [0.3, 0.4) is 0 Å². The highest BCUT2D eigenvalue weighted by atomic mass is 16.5. The van der Waals surface area contributed by atoms with Gasteiger partial charge in [0.25, 0.3) is 0 Å². The molecule has 1 atom stereocenters. The molecule has 0 bridgehead atoms. The second-order valence-electron chi connectivity index (χ2n) is 7.70. The van der Waals surface area contributed by atoms with Crippen molar-refractivity contribution in [3.8, 4) is 0 Å². The molecule has 1 unspecified atom stereocenters. The molecular formula is C24H36O5. The summed E-state index contributed by atoms with van der Waals surface area (Å²) in [6.45, 7) is 6.58. The molecule has 1 aliphatic rings. The third-order valence-electron chi connectivity index (χ3n) is 5.86. The summed E-state index contributed by atoms with van der Waals surface area (Å²) in [5.41, 5.74) is 4.94. The minimum Gasteiger partial charge on any atom is -0.465 e. The van der Waals surface area contributed by atoms with Crippen LogP contribution in [0.2, 0.25) is 0 Å². The predicted molar refractivity (Wildman–Crippen MR) is 114 cm³/mol. The number of unbranched alkanes of at least 4 members (excludes halogenated alkanes) is 2. The summed E-state index contributed by atoms with van der Waals surface area (Å²) in [6, 6.07) is 0. The van der Waals surface area contributed by atoms with Crippen molar-refractivity contribution in [2.24, 2.45) is 0 Å². The monoisotopic (exact) mass is 404 g/mol. The molecule has 0 N–H and O–H groups in total. The van der Waals surface area contributed by atoms with Gasteiger partial charge in [-0.15, -0.1) is 0 Å². The number of ether oxygens (including phenoxy) is 3. The molecule has 0 amide bonds. The first-order valence-electron chi connectivity index (χ1n) is 11.0. The SMILES string of the molecule is CCCCCc1c2c(c(C(C)OCC)c(C(=O)OC)c1C(=O)OC)CCCCC2. The molecule has 2 rings (SSSR count). The Balaban J connectivity index is 2.87. The Hall–Kier alpha value is -1.88. The van der Waals surface area contributed by atoms with Gasteiger partial charge < -0.3 is 14.2 Å². The molecule has 0 aliphatic heterocycles. The van der Waals surface area contributed by atoms with E-state index in [-0.39, 0.29) is 6.10 Å². The van der Waals surface area contributed by atoms with Crippen LogP contribution in [0.25, 0.3) is 0 Å². The summed E-state index contributed by atoms with van der Waals surface area (Å²) in [5.74, 6) is -0.954. The van der Waals surface area contributed by atoms with Crippen LogP contribution in [-0.4, -0.2) is 32.8 Å². The fraction of sp³-hybridized carbons (Fsp3) is 0.667. The Morgan fingerprint density at radius 3 is 2.10 bits per heavy atom. The Labute approximate surface area is 175 Å². The highest BCUT2D eigenvalue weighted by molar-refractivity contribution is 6.06. The highest BCUT2D eigenvalue weighted by Gasteiger charge is 2.33. The van der Waals surface area contributed by atoms with Crippen molar-refractivity contribution in [3.05, 3.63) is 33.4 Å². The first kappa shape index (κ1) is 23.4. The van der Waals surface area contributed by atoms with Crippen LogP contribution in [0.1, 0.15) is 108 Å². The van der Waals surface area contributed by atoms with E-state index in [1.807, 2.05) is 13.8 Å². The van der Waals surface area contributed by atoms with Crippen LogP contribution in [0, 0.1) is 0 Å². The van der Waals surface area contributed by atoms with Crippen LogP contribution in [0.15, 0.2) is 0 Å². The molecule has 1 aromatic carbocycles. The molecule has 5 heteroatoms. The lowest BCUT2D eigenvalue weighted by Gasteiger charge is -2.27. The topological polar surface area (TPSA) is 61.8 Å². The molecule has 0 saturated carbocycles. The fourth-order valence-electron chi connectivity index (χ4n) is 4.55. The zero-order valence-electron chi connectivity index (χ0n) is 18.7. The molecule has 162 valence electrons. The molecule has 0 heterocycles. The molecule has 0 radical (unpaired) electrons. The van der Waals surface area contributed by atoms with Gasteiger partial charge in [0, 0.05) is 6.61 Å². The molecule has 0 fully saturated rings. The minimum absolute atomic E-state index is 0.297. The van der Waals surface area contributed by atoms with Gasteiger partial charge in [-0.25, -0.2) is 9.59 Å². The van der Waals surface area contributed by atoms with Gasteiger partial charge in [-0.3, -0.25) is 0 Å². The second-order valence-corrected chi connectivity index (χ2v) is 7.70. The highest BCUT2D eigenvalue weighted by Crippen LogP contribution is 2.39. The Bertz CT molecular complexity index is 723. The normalized spacial score (nSPS) is 14.7. The van der Waals surface area contributed by atoms with Gasteiger partial charge in [-0.2, -0.15) is 0 Å². The number of hydrogen-bond acceptors (Lipinski definition) is 5. The molecule has 0 saturated heterocycles. The van der Waals surface area contributed by atoms with E-state index in [0.717, 1.165) is 68.9 Å². The Morgan fingerprint density at radius 1 is 0.897 bits per heavy atom. The molecular weight excluding hydrogens is 368 g/mol. The van der Waals surface area contributed by atoms with Gasteiger partial charge in [-0.1, -0.05) is 26.2 Å². The maximum absolute atomic E-state index is 13.0. The summed E-state index contributed by atoms with van der Waals surface area (Å²) in [7, 11) is 2.73. The predicted octanol–water partition coefficient (Wildman–Crippen LogP) is 5.36. The van der Waals surface area contributed by atoms with Gasteiger partial charge in [-0.05, 0) is 74.6 Å². The Morgan fingerprint density at radius 2 is 1.52 bits per heavy atom. The van der Waals surface area contributed by atoms with Crippen LogP contribution >= 0.6 is 0 Å². The summed E-state index contributed by atoms with van der Waals surface area (Å²) in [6.07, 6.45) is 8.77. The molecule has 1 aliphatic carbocycles. The van der Waals surface area contributed by atoms with Crippen molar-refractivity contribution < 1.29 is 23.8 Å². The molecule has 1 aromatic rings. The van der Waals surface area contributed by atoms with Crippen molar-refractivity contribution in [3.63, 3.8) is 0 Å². The van der Waals surface area contributed by atoms with E-state index >= 15 is 0 Å². The quantitative estimate of drug-likeness (QED) is 0.315. The Kier molecular flexibility index (Phi) is 9.15. The van der Waals surface area contributed by atoms with Crippen LogP contribution in [0.4, 0.5) is 0 Å². The van der Waals surface area contributed by atoms with Gasteiger partial charge in [0.1, 0.15) is 0 Å². The van der Waals surface area contributed by atoms with Gasteiger partial charge in [0.15, 0.2) is 0 Å². The number of methoxy groups -OCH3 is 2. The first-order valence-corrected chi connectivity index (χ1v) is 11.0. The smallest absolute Gasteiger partial charge is 0.339 e. The van der Waals surface area contributed by atoms with E-state index in [4.69, 9.17) is 14.2 Å². The third kappa shape index (κ3) is 5.19. The summed E-state index contributed by atoms with van der Waals surface area (Å²) in [5, 5.41) is 0. The standard InChI is InChI=1S/C24H36O5/c1-6-8-10-14-19-17-13-11-9-12-15-18(17)20(16(3)29-7-2)22(24(26)28-5)21(19)23(25)27-4/h16H,6-15H2,1-5H3. The van der Waals surface area contributed by atoms with E-state index in [1.54, 1.807) is 0 Å². The average Bonchev–Trinajstić information content (AvgIpc) is 2.98. The summed E-state index contributed by atoms with van der Waals surface area (Å²) in [4.78, 5) is 25.9. The van der Waals surface area contributed by atoms with Gasteiger partial charge in [0.05, 0.1) is 31.5 Å². The number of esters is 2. The minimum atomic E-state index is -0.490. The maximum atomic E-state index is 13.0. The number of fused-ring (bicyclic) bond motifs is 1. The van der Waals surface area contributed by atoms with Crippen LogP contribution in [0.5, 0.6) is 0 Å². The molecule has 29 heavy (non-hydrogen) atoms. The van der Waals surface area contributed by atoms with Crippen molar-refractivity contribution >= 4 is 11.9 Å². The van der Waals surface area contributed by atoms with E-state index in [1.165, 1.54) is 25.3 Å². The number of carbonyl (C=O) groups is 2. The fourth-order valence-corrected chi connectivity index (χ4v) is 4.55. The molecule has 5 nitrogen and oxygen atoms in total. The van der Waals surface area contributed by atoms with Gasteiger partial charge >= 0.3 is 11.9 Å². The third-order valence-corrected chi connectivity index (χ3v) is 5.86. The summed E-state index contributed by atoms with van der Waals surface area (Å²) < 4.78 is 16.2. The van der Waals surface area contributed by atoms with E-state index in [9.17, 15) is 9.59 Å². The van der Waals surface area contributed by atoms with Crippen LogP contribution in [-0.2, 0) is 33.5 Å². The molecule has 0 aromatic heterocycles. The van der Waals surface area contributed by atoms with Crippen molar-refractivity contribution in [1.29, 1.82) is 0 Å². The zero-order valence-corrected chi connectivity index (χ0v) is 18.7. The zero-order chi connectivity index (χ0) is 21.4. The summed E-state index contributed by atoms with van der Waals surface area (Å²) >= 11 is 0. The van der Waals surface area contributed by atoms with Gasteiger partial charge in [0.2, 0.25) is 0 Å². The number of rotatable bonds is 9. The lowest BCUT2D eigenvalue weighted by molar-refractivity contribution is 0.0529. The molecule has 0 spiro atoms. The number of carbonyl (C=O) groups excluding carboxylic acids is 2. The van der Waals surface area contributed by atoms with E-state index in [2.05, 4.69) is 6.92 Å². The van der Waals surface area contributed by atoms with Crippen LogP contribution < -0.4 is 0 Å². The van der Waals surface area contributed by atoms with E-state index in [0.29, 0.717) is 17.7 Å². The average molecular weight is 405 g/mol. The van der Waals surface area contributed by atoms with Crippen molar-refractivity contribution in [1.82, 2.24) is 0 Å². The van der Waals surface area contributed by atoms with E-state index < -0.39 is 11.9 Å². The van der Waals surface area contributed by atoms with Crippen molar-refractivity contribution in [2.75, 3.05) is 20.8 Å². The number of hydrogen-bond donors (Lipinski definition) is 0. The number of benzene rings is 1. The van der Waals surface area contributed by atoms with Crippen molar-refractivity contribution in [2.45, 2.75) is 84.7 Å². The largest absolute Gasteiger partial charge is 0.465 e. The lowest BCUT2D eigenvalue weighted by atomic mass is 9.81. The lowest BCUT2D eigenvalue weighted by Crippen LogP contribution is -2.23. The second kappa shape index (κ2) is 11.3.